The van der Waals surface area contributed by atoms with Crippen LogP contribution < -0.4 is 5.32 Å². The lowest BCUT2D eigenvalue weighted by molar-refractivity contribution is 0.122. The minimum Gasteiger partial charge on any atom is -0.317 e. The number of nitrogens with one attached hydrogen (secondary N) is 1. The molecule has 0 aromatic carbocycles. The van der Waals surface area contributed by atoms with Gasteiger partial charge < -0.3 is 5.32 Å². The molecule has 1 fully saturated rings. The van der Waals surface area contributed by atoms with Crippen LogP contribution in [0.15, 0.2) is 15.9 Å². The third-order valence-electron chi connectivity index (χ3n) is 3.55. The first-order valence-corrected chi connectivity index (χ1v) is 7.99. The first kappa shape index (κ1) is 13.5. The van der Waals surface area contributed by atoms with Crippen molar-refractivity contribution in [3.8, 4) is 0 Å². The van der Waals surface area contributed by atoms with Gasteiger partial charge in [-0.3, -0.25) is 4.90 Å². The normalized spacial score (nSPS) is 26.3. The number of hydrogen-bond acceptors (Lipinski definition) is 3. The van der Waals surface area contributed by atoms with Crippen LogP contribution in [0, 0.1) is 5.92 Å². The zero-order chi connectivity index (χ0) is 12.3. The van der Waals surface area contributed by atoms with Gasteiger partial charge >= 0.3 is 0 Å². The monoisotopic (exact) mass is 316 g/mol. The van der Waals surface area contributed by atoms with Crippen LogP contribution in [0.4, 0.5) is 0 Å². The van der Waals surface area contributed by atoms with Gasteiger partial charge in [-0.15, -0.1) is 11.3 Å². The van der Waals surface area contributed by atoms with Crippen molar-refractivity contribution in [2.24, 2.45) is 5.92 Å². The topological polar surface area (TPSA) is 15.3 Å². The second kappa shape index (κ2) is 6.32. The number of rotatable bonds is 4. The van der Waals surface area contributed by atoms with E-state index in [1.807, 2.05) is 11.3 Å². The second-order valence-electron chi connectivity index (χ2n) is 4.78. The Kier molecular flexibility index (Phi) is 5.03. The maximum Gasteiger partial charge on any atom is 0.0701 e. The second-order valence-corrected chi connectivity index (χ2v) is 7.27. The number of thiophene rings is 1. The van der Waals surface area contributed by atoms with E-state index in [-0.39, 0.29) is 0 Å². The molecule has 0 amide bonds. The number of likely N-dealkylation sites (tertiary alicyclic amines) is 1. The van der Waals surface area contributed by atoms with E-state index in [0.717, 1.165) is 19.0 Å². The molecular formula is C13H21BrN2S. The van der Waals surface area contributed by atoms with Crippen LogP contribution in [0.2, 0.25) is 0 Å². The molecule has 2 atom stereocenters. The summed E-state index contributed by atoms with van der Waals surface area (Å²) in [6.07, 6.45) is 2.67. The Balaban J connectivity index is 2.12. The highest BCUT2D eigenvalue weighted by Gasteiger charge is 2.30. The van der Waals surface area contributed by atoms with E-state index in [2.05, 4.69) is 52.3 Å². The van der Waals surface area contributed by atoms with Gasteiger partial charge in [0.2, 0.25) is 0 Å². The molecule has 2 nitrogen and oxygen atoms in total. The molecule has 0 saturated carbocycles. The first-order chi connectivity index (χ1) is 8.22. The molecule has 2 unspecified atom stereocenters. The molecule has 1 aromatic heterocycles. The van der Waals surface area contributed by atoms with E-state index in [1.54, 1.807) is 0 Å². The van der Waals surface area contributed by atoms with Gasteiger partial charge in [0, 0.05) is 10.9 Å². The summed E-state index contributed by atoms with van der Waals surface area (Å²) in [5, 5.41) is 3.51. The average molecular weight is 317 g/mol. The maximum atomic E-state index is 3.58. The zero-order valence-electron chi connectivity index (χ0n) is 10.6. The van der Waals surface area contributed by atoms with Crippen molar-refractivity contribution in [2.45, 2.75) is 25.8 Å². The van der Waals surface area contributed by atoms with Crippen molar-refractivity contribution in [3.63, 3.8) is 0 Å². The molecule has 4 heteroatoms. The van der Waals surface area contributed by atoms with E-state index in [4.69, 9.17) is 0 Å². The fraction of sp³-hybridized carbons (Fsp3) is 0.692. The first-order valence-electron chi connectivity index (χ1n) is 6.38. The van der Waals surface area contributed by atoms with Crippen molar-refractivity contribution in [1.82, 2.24) is 10.2 Å². The van der Waals surface area contributed by atoms with E-state index in [1.165, 1.54) is 28.0 Å². The van der Waals surface area contributed by atoms with Gasteiger partial charge in [-0.25, -0.2) is 0 Å². The lowest BCUT2D eigenvalue weighted by atomic mass is 9.88. The zero-order valence-corrected chi connectivity index (χ0v) is 13.0. The molecule has 0 bridgehead atoms. The molecule has 1 aromatic rings. The molecule has 17 heavy (non-hydrogen) atoms. The largest absolute Gasteiger partial charge is 0.317 e. The molecule has 1 N–H and O–H groups in total. The number of piperidine rings is 1. The number of hydrogen-bond donors (Lipinski definition) is 1. The highest BCUT2D eigenvalue weighted by molar-refractivity contribution is 9.11. The van der Waals surface area contributed by atoms with Crippen LogP contribution in [0.1, 0.15) is 30.7 Å². The fourth-order valence-electron chi connectivity index (χ4n) is 2.74. The summed E-state index contributed by atoms with van der Waals surface area (Å²) in [7, 11) is 2.26. The van der Waals surface area contributed by atoms with E-state index in [0.29, 0.717) is 6.04 Å². The minimum atomic E-state index is 0.596. The van der Waals surface area contributed by atoms with Crippen LogP contribution in [0.25, 0.3) is 0 Å². The Morgan fingerprint density at radius 1 is 1.53 bits per heavy atom. The van der Waals surface area contributed by atoms with Crippen LogP contribution in [0.5, 0.6) is 0 Å². The predicted molar refractivity (Wildman–Crippen MR) is 78.7 cm³/mol. The fourth-order valence-corrected chi connectivity index (χ4v) is 4.42. The van der Waals surface area contributed by atoms with Gasteiger partial charge in [-0.2, -0.15) is 0 Å². The highest BCUT2D eigenvalue weighted by atomic mass is 79.9. The van der Waals surface area contributed by atoms with Crippen LogP contribution >= 0.6 is 27.3 Å². The van der Waals surface area contributed by atoms with Gasteiger partial charge in [-0.05, 0) is 73.5 Å². The maximum absolute atomic E-state index is 3.58. The SMILES string of the molecule is CCNCC1CCCN(C)C1c1ccc(Br)s1. The van der Waals surface area contributed by atoms with Crippen LogP contribution in [-0.2, 0) is 0 Å². The predicted octanol–water partition coefficient (Wildman–Crippen LogP) is 3.50. The van der Waals surface area contributed by atoms with Crippen LogP contribution in [0.3, 0.4) is 0 Å². The van der Waals surface area contributed by atoms with Gasteiger partial charge in [-0.1, -0.05) is 6.92 Å². The van der Waals surface area contributed by atoms with Gasteiger partial charge in [0.1, 0.15) is 0 Å². The molecule has 0 spiro atoms. The van der Waals surface area contributed by atoms with E-state index >= 15 is 0 Å². The van der Waals surface area contributed by atoms with Crippen molar-refractivity contribution >= 4 is 27.3 Å². The Hall–Kier alpha value is 0.1000. The highest BCUT2D eigenvalue weighted by Crippen LogP contribution is 2.39. The number of halogens is 1. The lowest BCUT2D eigenvalue weighted by Gasteiger charge is -2.39. The summed E-state index contributed by atoms with van der Waals surface area (Å²) in [6, 6.07) is 5.05. The third kappa shape index (κ3) is 3.31. The quantitative estimate of drug-likeness (QED) is 0.914. The van der Waals surface area contributed by atoms with Crippen molar-refractivity contribution < 1.29 is 0 Å². The molecule has 0 radical (unpaired) electrons. The molecule has 2 heterocycles. The summed E-state index contributed by atoms with van der Waals surface area (Å²) in [6.45, 7) is 5.62. The van der Waals surface area contributed by atoms with Crippen molar-refractivity contribution in [3.05, 3.63) is 20.8 Å². The standard InChI is InChI=1S/C13H21BrN2S/c1-3-15-9-10-5-4-8-16(2)13(10)11-6-7-12(14)17-11/h6-7,10,13,15H,3-5,8-9H2,1-2H3. The van der Waals surface area contributed by atoms with Crippen LogP contribution in [-0.4, -0.2) is 31.6 Å². The Morgan fingerprint density at radius 3 is 3.00 bits per heavy atom. The average Bonchev–Trinajstić information content (AvgIpc) is 2.73. The van der Waals surface area contributed by atoms with Crippen molar-refractivity contribution in [2.75, 3.05) is 26.7 Å². The Labute approximate surface area is 117 Å². The van der Waals surface area contributed by atoms with Crippen molar-refractivity contribution in [1.29, 1.82) is 0 Å². The summed E-state index contributed by atoms with van der Waals surface area (Å²) in [4.78, 5) is 4.02. The minimum absolute atomic E-state index is 0.596. The molecule has 2 rings (SSSR count). The third-order valence-corrected chi connectivity index (χ3v) is 5.24. The molecule has 1 aliphatic rings. The molecular weight excluding hydrogens is 296 g/mol. The summed E-state index contributed by atoms with van der Waals surface area (Å²) < 4.78 is 1.24. The van der Waals surface area contributed by atoms with E-state index < -0.39 is 0 Å². The van der Waals surface area contributed by atoms with Gasteiger partial charge in [0.15, 0.2) is 0 Å². The Morgan fingerprint density at radius 2 is 2.35 bits per heavy atom. The summed E-state index contributed by atoms with van der Waals surface area (Å²) >= 11 is 5.46. The van der Waals surface area contributed by atoms with Gasteiger partial charge in [0.25, 0.3) is 0 Å². The number of nitrogens with zero attached hydrogens (tertiary/aromatic N) is 1. The molecule has 1 aliphatic heterocycles. The summed E-state index contributed by atoms with van der Waals surface area (Å²) in [5.74, 6) is 0.749. The molecule has 0 aliphatic carbocycles. The Bertz CT molecular complexity index is 353. The van der Waals surface area contributed by atoms with E-state index in [9.17, 15) is 0 Å². The lowest BCUT2D eigenvalue weighted by Crippen LogP contribution is -2.40. The smallest absolute Gasteiger partial charge is 0.0701 e. The van der Waals surface area contributed by atoms with Gasteiger partial charge in [0.05, 0.1) is 3.79 Å². The molecule has 96 valence electrons. The molecule has 1 saturated heterocycles. The summed E-state index contributed by atoms with van der Waals surface area (Å²) in [5.41, 5.74) is 0.